The number of hydrogen-bond acceptors (Lipinski definition) is 4. The SMILES string of the molecule is COc1ccccc1CNC(=O)c1cncc(Nc2ccc(F)c(Cl)c2)c1. The Morgan fingerprint density at radius 1 is 1.15 bits per heavy atom. The average Bonchev–Trinajstić information content (AvgIpc) is 2.69. The molecule has 3 aromatic rings. The molecule has 138 valence electrons. The number of anilines is 2. The summed E-state index contributed by atoms with van der Waals surface area (Å²) < 4.78 is 18.5. The van der Waals surface area contributed by atoms with Crippen LogP contribution in [0, 0.1) is 5.82 Å². The number of hydrogen-bond donors (Lipinski definition) is 2. The van der Waals surface area contributed by atoms with E-state index in [-0.39, 0.29) is 10.9 Å². The van der Waals surface area contributed by atoms with Gasteiger partial charge in [0.1, 0.15) is 11.6 Å². The lowest BCUT2D eigenvalue weighted by Gasteiger charge is -2.11. The quantitative estimate of drug-likeness (QED) is 0.653. The largest absolute Gasteiger partial charge is 0.496 e. The Morgan fingerprint density at radius 2 is 1.96 bits per heavy atom. The van der Waals surface area contributed by atoms with Crippen LogP contribution in [-0.4, -0.2) is 18.0 Å². The second kappa shape index (κ2) is 8.51. The van der Waals surface area contributed by atoms with Crippen molar-refractivity contribution in [2.75, 3.05) is 12.4 Å². The molecule has 0 aliphatic carbocycles. The number of nitrogens with one attached hydrogen (secondary N) is 2. The first-order valence-electron chi connectivity index (χ1n) is 8.14. The fourth-order valence-electron chi connectivity index (χ4n) is 2.50. The van der Waals surface area contributed by atoms with Crippen molar-refractivity contribution in [3.8, 4) is 5.75 Å². The Balaban J connectivity index is 1.69. The van der Waals surface area contributed by atoms with E-state index >= 15 is 0 Å². The minimum atomic E-state index is -0.496. The normalized spacial score (nSPS) is 10.3. The molecule has 2 N–H and O–H groups in total. The molecule has 0 atom stereocenters. The molecule has 0 radical (unpaired) electrons. The number of amides is 1. The van der Waals surface area contributed by atoms with E-state index in [1.54, 1.807) is 25.4 Å². The number of ether oxygens (including phenoxy) is 1. The molecule has 1 heterocycles. The Hall–Kier alpha value is -3.12. The highest BCUT2D eigenvalue weighted by atomic mass is 35.5. The molecule has 1 amide bonds. The smallest absolute Gasteiger partial charge is 0.253 e. The lowest BCUT2D eigenvalue weighted by atomic mass is 10.2. The molecule has 0 unspecified atom stereocenters. The van der Waals surface area contributed by atoms with Crippen molar-refractivity contribution in [1.29, 1.82) is 0 Å². The van der Waals surface area contributed by atoms with E-state index in [1.165, 1.54) is 18.3 Å². The Labute approximate surface area is 161 Å². The van der Waals surface area contributed by atoms with Gasteiger partial charge in [0.15, 0.2) is 0 Å². The van der Waals surface area contributed by atoms with Crippen LogP contribution in [0.2, 0.25) is 5.02 Å². The first-order valence-corrected chi connectivity index (χ1v) is 8.52. The number of carbonyl (C=O) groups is 1. The molecule has 0 aliphatic rings. The van der Waals surface area contributed by atoms with Gasteiger partial charge < -0.3 is 15.4 Å². The third-order valence-electron chi connectivity index (χ3n) is 3.84. The first kappa shape index (κ1) is 18.7. The summed E-state index contributed by atoms with van der Waals surface area (Å²) in [7, 11) is 1.58. The number of methoxy groups -OCH3 is 1. The lowest BCUT2D eigenvalue weighted by molar-refractivity contribution is 0.0950. The maximum atomic E-state index is 13.3. The van der Waals surface area contributed by atoms with Crippen LogP contribution in [-0.2, 0) is 6.54 Å². The summed E-state index contributed by atoms with van der Waals surface area (Å²) >= 11 is 5.78. The Kier molecular flexibility index (Phi) is 5.88. The molecule has 0 fully saturated rings. The number of benzene rings is 2. The van der Waals surface area contributed by atoms with Crippen LogP contribution in [0.4, 0.5) is 15.8 Å². The highest BCUT2D eigenvalue weighted by Crippen LogP contribution is 2.23. The summed E-state index contributed by atoms with van der Waals surface area (Å²) in [6.07, 6.45) is 3.04. The third kappa shape index (κ3) is 4.74. The molecule has 0 saturated heterocycles. The van der Waals surface area contributed by atoms with Crippen molar-refractivity contribution in [3.05, 3.63) is 82.9 Å². The number of carbonyl (C=O) groups excluding carboxylic acids is 1. The van der Waals surface area contributed by atoms with Crippen LogP contribution in [0.15, 0.2) is 60.9 Å². The van der Waals surface area contributed by atoms with E-state index in [9.17, 15) is 9.18 Å². The van der Waals surface area contributed by atoms with Crippen molar-refractivity contribution >= 4 is 28.9 Å². The summed E-state index contributed by atoms with van der Waals surface area (Å²) in [6.45, 7) is 0.327. The second-order valence-electron chi connectivity index (χ2n) is 5.71. The molecule has 0 bridgehead atoms. The summed E-state index contributed by atoms with van der Waals surface area (Å²) in [5.74, 6) is -0.0569. The summed E-state index contributed by atoms with van der Waals surface area (Å²) in [4.78, 5) is 16.5. The van der Waals surface area contributed by atoms with E-state index in [2.05, 4.69) is 15.6 Å². The predicted octanol–water partition coefficient (Wildman–Crippen LogP) is 4.56. The maximum absolute atomic E-state index is 13.3. The molecular formula is C20H17ClFN3O2. The second-order valence-corrected chi connectivity index (χ2v) is 6.12. The molecule has 0 spiro atoms. The van der Waals surface area contributed by atoms with Gasteiger partial charge in [-0.1, -0.05) is 29.8 Å². The first-order chi connectivity index (χ1) is 13.1. The van der Waals surface area contributed by atoms with Crippen LogP contribution < -0.4 is 15.4 Å². The van der Waals surface area contributed by atoms with Gasteiger partial charge in [-0.05, 0) is 30.3 Å². The summed E-state index contributed by atoms with van der Waals surface area (Å²) in [6, 6.07) is 13.4. The summed E-state index contributed by atoms with van der Waals surface area (Å²) in [5.41, 5.74) is 2.44. The van der Waals surface area contributed by atoms with Gasteiger partial charge >= 0.3 is 0 Å². The standard InChI is InChI=1S/C20H17ClFN3O2/c1-27-19-5-3-2-4-13(19)11-24-20(26)14-8-16(12-23-10-14)25-15-6-7-18(22)17(21)9-15/h2-10,12,25H,11H2,1H3,(H,24,26). The molecule has 2 aromatic carbocycles. The van der Waals surface area contributed by atoms with Crippen molar-refractivity contribution in [2.24, 2.45) is 0 Å². The van der Waals surface area contributed by atoms with Crippen molar-refractivity contribution in [1.82, 2.24) is 10.3 Å². The van der Waals surface area contributed by atoms with Crippen LogP contribution in [0.25, 0.3) is 0 Å². The molecule has 5 nitrogen and oxygen atoms in total. The fourth-order valence-corrected chi connectivity index (χ4v) is 2.68. The number of aromatic nitrogens is 1. The van der Waals surface area contributed by atoms with Gasteiger partial charge in [0.2, 0.25) is 0 Å². The van der Waals surface area contributed by atoms with E-state index in [0.717, 1.165) is 5.56 Å². The highest BCUT2D eigenvalue weighted by molar-refractivity contribution is 6.31. The van der Waals surface area contributed by atoms with Gasteiger partial charge in [0, 0.05) is 24.0 Å². The lowest BCUT2D eigenvalue weighted by Crippen LogP contribution is -2.23. The molecule has 27 heavy (non-hydrogen) atoms. The van der Waals surface area contributed by atoms with Crippen molar-refractivity contribution in [2.45, 2.75) is 6.54 Å². The Morgan fingerprint density at radius 3 is 2.74 bits per heavy atom. The molecule has 3 rings (SSSR count). The fraction of sp³-hybridized carbons (Fsp3) is 0.100. The number of halogens is 2. The van der Waals surface area contributed by atoms with Crippen LogP contribution in [0.3, 0.4) is 0 Å². The van der Waals surface area contributed by atoms with Gasteiger partial charge in [0.25, 0.3) is 5.91 Å². The third-order valence-corrected chi connectivity index (χ3v) is 4.13. The number of rotatable bonds is 6. The number of pyridine rings is 1. The number of para-hydroxylation sites is 1. The van der Waals surface area contributed by atoms with Crippen molar-refractivity contribution in [3.63, 3.8) is 0 Å². The van der Waals surface area contributed by atoms with E-state index in [1.807, 2.05) is 24.3 Å². The van der Waals surface area contributed by atoms with Gasteiger partial charge in [-0.2, -0.15) is 0 Å². The number of nitrogens with zero attached hydrogens (tertiary/aromatic N) is 1. The van der Waals surface area contributed by atoms with Crippen LogP contribution in [0.1, 0.15) is 15.9 Å². The minimum absolute atomic E-state index is 0.0127. The van der Waals surface area contributed by atoms with Crippen LogP contribution in [0.5, 0.6) is 5.75 Å². The molecular weight excluding hydrogens is 369 g/mol. The Bertz CT molecular complexity index is 965. The van der Waals surface area contributed by atoms with E-state index in [0.29, 0.717) is 29.2 Å². The van der Waals surface area contributed by atoms with Crippen LogP contribution >= 0.6 is 11.6 Å². The molecule has 7 heteroatoms. The molecule has 0 saturated carbocycles. The van der Waals surface area contributed by atoms with E-state index in [4.69, 9.17) is 16.3 Å². The average molecular weight is 386 g/mol. The molecule has 0 aliphatic heterocycles. The highest BCUT2D eigenvalue weighted by Gasteiger charge is 2.09. The molecule has 1 aromatic heterocycles. The minimum Gasteiger partial charge on any atom is -0.496 e. The van der Waals surface area contributed by atoms with E-state index < -0.39 is 5.82 Å². The maximum Gasteiger partial charge on any atom is 0.253 e. The predicted molar refractivity (Wildman–Crippen MR) is 103 cm³/mol. The van der Waals surface area contributed by atoms with Gasteiger partial charge in [-0.25, -0.2) is 4.39 Å². The topological polar surface area (TPSA) is 63.2 Å². The van der Waals surface area contributed by atoms with Gasteiger partial charge in [-0.3, -0.25) is 9.78 Å². The van der Waals surface area contributed by atoms with Gasteiger partial charge in [-0.15, -0.1) is 0 Å². The van der Waals surface area contributed by atoms with Gasteiger partial charge in [0.05, 0.1) is 29.6 Å². The zero-order valence-electron chi connectivity index (χ0n) is 14.5. The monoisotopic (exact) mass is 385 g/mol. The van der Waals surface area contributed by atoms with Crippen molar-refractivity contribution < 1.29 is 13.9 Å². The zero-order chi connectivity index (χ0) is 19.2. The zero-order valence-corrected chi connectivity index (χ0v) is 15.3. The summed E-state index contributed by atoms with van der Waals surface area (Å²) in [5, 5.41) is 5.90.